The van der Waals surface area contributed by atoms with Gasteiger partial charge in [-0.25, -0.2) is 4.68 Å². The molecule has 1 N–H and O–H groups in total. The van der Waals surface area contributed by atoms with Gasteiger partial charge in [0.25, 0.3) is 11.5 Å². The molecule has 0 saturated heterocycles. The molecule has 0 bridgehead atoms. The van der Waals surface area contributed by atoms with Crippen LogP contribution in [-0.2, 0) is 7.05 Å². The highest BCUT2D eigenvalue weighted by molar-refractivity contribution is 5.92. The highest BCUT2D eigenvalue weighted by Gasteiger charge is 2.42. The van der Waals surface area contributed by atoms with Crippen LogP contribution in [0, 0.1) is 0 Å². The van der Waals surface area contributed by atoms with Crippen LogP contribution in [0.25, 0.3) is 0 Å². The average molecular weight is 312 g/mol. The summed E-state index contributed by atoms with van der Waals surface area (Å²) in [6, 6.07) is 2.44. The number of halogens is 3. The Kier molecular flexibility index (Phi) is 4.25. The molecule has 9 heteroatoms. The van der Waals surface area contributed by atoms with Crippen LogP contribution in [0.3, 0.4) is 0 Å². The number of aromatic nitrogens is 3. The van der Waals surface area contributed by atoms with Crippen LogP contribution >= 0.6 is 0 Å². The fraction of sp³-hybridized carbons (Fsp3) is 0.231. The molecule has 2 heterocycles. The Labute approximate surface area is 122 Å². The quantitative estimate of drug-likeness (QED) is 0.924. The minimum absolute atomic E-state index is 0.201. The zero-order chi connectivity index (χ0) is 16.3. The van der Waals surface area contributed by atoms with E-state index in [9.17, 15) is 22.8 Å². The van der Waals surface area contributed by atoms with Gasteiger partial charge in [-0.2, -0.15) is 18.3 Å². The molecule has 22 heavy (non-hydrogen) atoms. The lowest BCUT2D eigenvalue weighted by Crippen LogP contribution is -2.39. The van der Waals surface area contributed by atoms with Gasteiger partial charge in [0.15, 0.2) is 6.04 Å². The first-order chi connectivity index (χ1) is 10.3. The molecule has 6 nitrogen and oxygen atoms in total. The van der Waals surface area contributed by atoms with Crippen LogP contribution in [0.2, 0.25) is 0 Å². The first kappa shape index (κ1) is 15.7. The van der Waals surface area contributed by atoms with Crippen molar-refractivity contribution < 1.29 is 18.0 Å². The maximum absolute atomic E-state index is 13.1. The van der Waals surface area contributed by atoms with Crippen molar-refractivity contribution in [2.24, 2.45) is 7.05 Å². The van der Waals surface area contributed by atoms with Crippen LogP contribution in [0.4, 0.5) is 13.2 Å². The lowest BCUT2D eigenvalue weighted by atomic mass is 10.1. The Bertz CT molecular complexity index is 728. The Balaban J connectivity index is 2.29. The summed E-state index contributed by atoms with van der Waals surface area (Å²) in [5, 5.41) is 5.46. The molecule has 1 unspecified atom stereocenters. The standard InChI is InChI=1S/C13H11F3N4O2/c1-20-10(21)5-4-9(19-20)12(22)18-11(13(14,15)16)8-3-2-6-17-7-8/h2-7,11H,1H3,(H,18,22). The average Bonchev–Trinajstić information content (AvgIpc) is 2.47. The van der Waals surface area contributed by atoms with Gasteiger partial charge in [0.2, 0.25) is 0 Å². The van der Waals surface area contributed by atoms with Crippen molar-refractivity contribution in [3.05, 3.63) is 58.3 Å². The van der Waals surface area contributed by atoms with Crippen LogP contribution in [0.5, 0.6) is 0 Å². The number of carbonyl (C=O) groups is 1. The SMILES string of the molecule is Cn1nc(C(=O)NC(c2cccnc2)C(F)(F)F)ccc1=O. The molecule has 0 aliphatic heterocycles. The summed E-state index contributed by atoms with van der Waals surface area (Å²) in [5.41, 5.74) is -0.968. The maximum atomic E-state index is 13.1. The largest absolute Gasteiger partial charge is 0.412 e. The highest BCUT2D eigenvalue weighted by atomic mass is 19.4. The van der Waals surface area contributed by atoms with E-state index in [1.807, 2.05) is 5.32 Å². The Morgan fingerprint density at radius 1 is 1.32 bits per heavy atom. The van der Waals surface area contributed by atoms with Gasteiger partial charge in [0.1, 0.15) is 5.69 Å². The van der Waals surface area contributed by atoms with Gasteiger partial charge in [-0.05, 0) is 12.1 Å². The summed E-state index contributed by atoms with van der Waals surface area (Å²) >= 11 is 0. The zero-order valence-corrected chi connectivity index (χ0v) is 11.3. The van der Waals surface area contributed by atoms with Crippen LogP contribution < -0.4 is 10.9 Å². The van der Waals surface area contributed by atoms with Gasteiger partial charge in [-0.3, -0.25) is 14.6 Å². The Hall–Kier alpha value is -2.71. The first-order valence-corrected chi connectivity index (χ1v) is 6.11. The van der Waals surface area contributed by atoms with Crippen LogP contribution in [0.1, 0.15) is 22.1 Å². The molecule has 116 valence electrons. The molecular weight excluding hydrogens is 301 g/mol. The third-order valence-corrected chi connectivity index (χ3v) is 2.81. The molecule has 2 aromatic heterocycles. The van der Waals surface area contributed by atoms with E-state index in [2.05, 4.69) is 10.1 Å². The van der Waals surface area contributed by atoms with E-state index < -0.39 is 23.7 Å². The molecule has 0 aromatic carbocycles. The number of hydrogen-bond acceptors (Lipinski definition) is 4. The monoisotopic (exact) mass is 312 g/mol. The second-order valence-corrected chi connectivity index (χ2v) is 4.41. The number of alkyl halides is 3. The number of rotatable bonds is 3. The van der Waals surface area contributed by atoms with Gasteiger partial charge >= 0.3 is 6.18 Å². The van der Waals surface area contributed by atoms with E-state index in [0.29, 0.717) is 0 Å². The van der Waals surface area contributed by atoms with Crippen molar-refractivity contribution in [1.29, 1.82) is 0 Å². The van der Waals surface area contributed by atoms with Crippen molar-refractivity contribution in [2.75, 3.05) is 0 Å². The van der Waals surface area contributed by atoms with Gasteiger partial charge in [0.05, 0.1) is 0 Å². The van der Waals surface area contributed by atoms with Crippen LogP contribution in [-0.4, -0.2) is 26.8 Å². The normalized spacial score (nSPS) is 12.7. The van der Waals surface area contributed by atoms with E-state index in [1.165, 1.54) is 25.4 Å². The second kappa shape index (κ2) is 5.96. The number of carbonyl (C=O) groups excluding carboxylic acids is 1. The minimum Gasteiger partial charge on any atom is -0.335 e. The number of amides is 1. The van der Waals surface area contributed by atoms with Gasteiger partial charge in [0, 0.05) is 31.1 Å². The molecular formula is C13H11F3N4O2. The lowest BCUT2D eigenvalue weighted by molar-refractivity contribution is -0.155. The van der Waals surface area contributed by atoms with Gasteiger partial charge < -0.3 is 5.32 Å². The topological polar surface area (TPSA) is 76.9 Å². The molecule has 0 aliphatic rings. The Morgan fingerprint density at radius 3 is 2.59 bits per heavy atom. The van der Waals surface area contributed by atoms with Crippen molar-refractivity contribution >= 4 is 5.91 Å². The Morgan fingerprint density at radius 2 is 2.05 bits per heavy atom. The highest BCUT2D eigenvalue weighted by Crippen LogP contribution is 2.32. The minimum atomic E-state index is -4.70. The van der Waals surface area contributed by atoms with E-state index in [1.54, 1.807) is 0 Å². The summed E-state index contributed by atoms with van der Waals surface area (Å²) in [4.78, 5) is 26.7. The third-order valence-electron chi connectivity index (χ3n) is 2.81. The number of nitrogens with one attached hydrogen (secondary N) is 1. The summed E-state index contributed by atoms with van der Waals surface area (Å²) < 4.78 is 40.2. The molecule has 0 aliphatic carbocycles. The van der Waals surface area contributed by atoms with Crippen molar-refractivity contribution in [3.8, 4) is 0 Å². The van der Waals surface area contributed by atoms with E-state index in [0.717, 1.165) is 23.0 Å². The number of pyridine rings is 1. The van der Waals surface area contributed by atoms with Gasteiger partial charge in [-0.1, -0.05) is 6.07 Å². The number of nitrogens with zero attached hydrogens (tertiary/aromatic N) is 3. The smallest absolute Gasteiger partial charge is 0.335 e. The molecule has 2 rings (SSSR count). The first-order valence-electron chi connectivity index (χ1n) is 6.11. The zero-order valence-electron chi connectivity index (χ0n) is 11.3. The third kappa shape index (κ3) is 3.48. The molecule has 1 amide bonds. The van der Waals surface area contributed by atoms with E-state index in [4.69, 9.17) is 0 Å². The molecule has 2 aromatic rings. The predicted octanol–water partition coefficient (Wildman–Crippen LogP) is 1.21. The molecule has 0 spiro atoms. The number of aryl methyl sites for hydroxylation is 1. The van der Waals surface area contributed by atoms with E-state index >= 15 is 0 Å². The molecule has 0 saturated carbocycles. The lowest BCUT2D eigenvalue weighted by Gasteiger charge is -2.21. The van der Waals surface area contributed by atoms with Crippen LogP contribution in [0.15, 0.2) is 41.5 Å². The maximum Gasteiger partial charge on any atom is 0.412 e. The summed E-state index contributed by atoms with van der Waals surface area (Å²) in [7, 11) is 1.29. The van der Waals surface area contributed by atoms with E-state index in [-0.39, 0.29) is 11.3 Å². The van der Waals surface area contributed by atoms with Crippen molar-refractivity contribution in [1.82, 2.24) is 20.1 Å². The molecule has 0 fully saturated rings. The second-order valence-electron chi connectivity index (χ2n) is 4.41. The molecule has 0 radical (unpaired) electrons. The van der Waals surface area contributed by atoms with Crippen molar-refractivity contribution in [2.45, 2.75) is 12.2 Å². The fourth-order valence-electron chi connectivity index (χ4n) is 1.73. The summed E-state index contributed by atoms with van der Waals surface area (Å²) in [6.45, 7) is 0. The van der Waals surface area contributed by atoms with Crippen molar-refractivity contribution in [3.63, 3.8) is 0 Å². The summed E-state index contributed by atoms with van der Waals surface area (Å²) in [6.07, 6.45) is -2.35. The number of hydrogen-bond donors (Lipinski definition) is 1. The van der Waals surface area contributed by atoms with Gasteiger partial charge in [-0.15, -0.1) is 0 Å². The predicted molar refractivity (Wildman–Crippen MR) is 70.0 cm³/mol. The fourth-order valence-corrected chi connectivity index (χ4v) is 1.73. The molecule has 1 atom stereocenters. The summed E-state index contributed by atoms with van der Waals surface area (Å²) in [5.74, 6) is -1.04.